The number of benzene rings is 1. The van der Waals surface area contributed by atoms with Gasteiger partial charge in [-0.15, -0.1) is 0 Å². The monoisotopic (exact) mass is 343 g/mol. The summed E-state index contributed by atoms with van der Waals surface area (Å²) in [6, 6.07) is 3.92. The minimum Gasteiger partial charge on any atom is -0.346 e. The molecule has 0 aromatic heterocycles. The van der Waals surface area contributed by atoms with Gasteiger partial charge in [0.05, 0.1) is 5.56 Å². The van der Waals surface area contributed by atoms with Gasteiger partial charge in [0.25, 0.3) is 5.91 Å². The molecule has 0 unspecified atom stereocenters. The standard InChI is InChI=1S/C15H16F3N3O3/c1-9(2)19-13(23)14(24)21-20-12(22)8-5-10-3-6-11(7-4-10)15(16,17)18/h3-9H,1-2H3,(H,19,23)(H,20,22)(H,21,24)/b8-5+. The Morgan fingerprint density at radius 1 is 1.00 bits per heavy atom. The summed E-state index contributed by atoms with van der Waals surface area (Å²) in [6.45, 7) is 3.33. The molecule has 9 heteroatoms. The minimum absolute atomic E-state index is 0.237. The first-order chi connectivity index (χ1) is 11.1. The first-order valence-corrected chi connectivity index (χ1v) is 6.85. The Balaban J connectivity index is 2.51. The highest BCUT2D eigenvalue weighted by Gasteiger charge is 2.29. The van der Waals surface area contributed by atoms with Gasteiger partial charge in [-0.05, 0) is 37.6 Å². The lowest BCUT2D eigenvalue weighted by Gasteiger charge is -2.08. The van der Waals surface area contributed by atoms with Crippen LogP contribution in [0.15, 0.2) is 30.3 Å². The van der Waals surface area contributed by atoms with Crippen LogP contribution in [-0.2, 0) is 20.6 Å². The molecule has 1 rings (SSSR count). The Hall–Kier alpha value is -2.84. The molecule has 1 aromatic carbocycles. The zero-order valence-corrected chi connectivity index (χ0v) is 12.9. The van der Waals surface area contributed by atoms with Crippen LogP contribution in [0.5, 0.6) is 0 Å². The topological polar surface area (TPSA) is 87.3 Å². The summed E-state index contributed by atoms with van der Waals surface area (Å²) >= 11 is 0. The fraction of sp³-hybridized carbons (Fsp3) is 0.267. The molecule has 0 heterocycles. The highest BCUT2D eigenvalue weighted by molar-refractivity contribution is 6.35. The zero-order valence-electron chi connectivity index (χ0n) is 12.9. The zero-order chi connectivity index (χ0) is 18.3. The lowest BCUT2D eigenvalue weighted by atomic mass is 10.1. The van der Waals surface area contributed by atoms with Crippen molar-refractivity contribution in [3.8, 4) is 0 Å². The average molecular weight is 343 g/mol. The second-order valence-corrected chi connectivity index (χ2v) is 5.02. The van der Waals surface area contributed by atoms with Crippen LogP contribution in [-0.4, -0.2) is 23.8 Å². The maximum atomic E-state index is 12.4. The Labute approximate surface area is 136 Å². The van der Waals surface area contributed by atoms with Crippen LogP contribution in [0.3, 0.4) is 0 Å². The molecule has 0 fully saturated rings. The molecule has 0 spiro atoms. The molecule has 130 valence electrons. The van der Waals surface area contributed by atoms with Gasteiger partial charge in [0.2, 0.25) is 0 Å². The van der Waals surface area contributed by atoms with Gasteiger partial charge in [-0.25, -0.2) is 0 Å². The lowest BCUT2D eigenvalue weighted by Crippen LogP contribution is -2.49. The number of carbonyl (C=O) groups excluding carboxylic acids is 3. The van der Waals surface area contributed by atoms with Crippen LogP contribution in [0.1, 0.15) is 25.0 Å². The maximum Gasteiger partial charge on any atom is 0.416 e. The van der Waals surface area contributed by atoms with Gasteiger partial charge in [0, 0.05) is 12.1 Å². The molecule has 0 aliphatic rings. The summed E-state index contributed by atoms with van der Waals surface area (Å²) in [6.07, 6.45) is -2.17. The first kappa shape index (κ1) is 19.2. The number of amides is 3. The van der Waals surface area contributed by atoms with Gasteiger partial charge in [0.1, 0.15) is 0 Å². The number of hydrogen-bond acceptors (Lipinski definition) is 3. The number of hydrazine groups is 1. The Morgan fingerprint density at radius 3 is 2.08 bits per heavy atom. The Morgan fingerprint density at radius 2 is 1.58 bits per heavy atom. The quantitative estimate of drug-likeness (QED) is 0.440. The van der Waals surface area contributed by atoms with E-state index in [1.54, 1.807) is 13.8 Å². The molecule has 24 heavy (non-hydrogen) atoms. The van der Waals surface area contributed by atoms with Crippen molar-refractivity contribution in [3.63, 3.8) is 0 Å². The second kappa shape index (κ2) is 8.14. The number of nitrogens with one attached hydrogen (secondary N) is 3. The molecule has 0 saturated carbocycles. The predicted molar refractivity (Wildman–Crippen MR) is 80.0 cm³/mol. The number of hydrogen-bond donors (Lipinski definition) is 3. The van der Waals surface area contributed by atoms with E-state index in [-0.39, 0.29) is 6.04 Å². The van der Waals surface area contributed by atoms with Gasteiger partial charge in [-0.1, -0.05) is 12.1 Å². The first-order valence-electron chi connectivity index (χ1n) is 6.85. The van der Waals surface area contributed by atoms with Crippen LogP contribution in [0.25, 0.3) is 6.08 Å². The van der Waals surface area contributed by atoms with Gasteiger partial charge in [0.15, 0.2) is 0 Å². The highest BCUT2D eigenvalue weighted by atomic mass is 19.4. The second-order valence-electron chi connectivity index (χ2n) is 5.02. The minimum atomic E-state index is -4.43. The number of alkyl halides is 3. The Bertz CT molecular complexity index is 638. The van der Waals surface area contributed by atoms with E-state index in [1.807, 2.05) is 10.9 Å². The molecular formula is C15H16F3N3O3. The summed E-state index contributed by atoms with van der Waals surface area (Å²) in [7, 11) is 0. The Kier molecular flexibility index (Phi) is 6.51. The normalized spacial score (nSPS) is 11.4. The van der Waals surface area contributed by atoms with Gasteiger partial charge in [-0.2, -0.15) is 13.2 Å². The van der Waals surface area contributed by atoms with Crippen LogP contribution < -0.4 is 16.2 Å². The largest absolute Gasteiger partial charge is 0.416 e. The molecule has 0 saturated heterocycles. The molecule has 6 nitrogen and oxygen atoms in total. The molecule has 3 N–H and O–H groups in total. The molecule has 0 aliphatic heterocycles. The van der Waals surface area contributed by atoms with E-state index in [0.717, 1.165) is 18.2 Å². The van der Waals surface area contributed by atoms with Crippen molar-refractivity contribution in [1.82, 2.24) is 16.2 Å². The third kappa shape index (κ3) is 6.51. The highest BCUT2D eigenvalue weighted by Crippen LogP contribution is 2.29. The fourth-order valence-electron chi connectivity index (χ4n) is 1.50. The molecule has 1 aromatic rings. The number of halogens is 3. The van der Waals surface area contributed by atoms with Crippen molar-refractivity contribution in [3.05, 3.63) is 41.5 Å². The van der Waals surface area contributed by atoms with Crippen molar-refractivity contribution in [1.29, 1.82) is 0 Å². The van der Waals surface area contributed by atoms with E-state index >= 15 is 0 Å². The van der Waals surface area contributed by atoms with Crippen molar-refractivity contribution < 1.29 is 27.6 Å². The van der Waals surface area contributed by atoms with E-state index < -0.39 is 29.5 Å². The van der Waals surface area contributed by atoms with Crippen LogP contribution in [0.2, 0.25) is 0 Å². The maximum absolute atomic E-state index is 12.4. The summed E-state index contributed by atoms with van der Waals surface area (Å²) in [4.78, 5) is 34.1. The smallest absolute Gasteiger partial charge is 0.346 e. The summed E-state index contributed by atoms with van der Waals surface area (Å²) < 4.78 is 37.2. The third-order valence-corrected chi connectivity index (χ3v) is 2.59. The molecule has 0 bridgehead atoms. The van der Waals surface area contributed by atoms with Gasteiger partial charge in [-0.3, -0.25) is 25.2 Å². The van der Waals surface area contributed by atoms with E-state index in [0.29, 0.717) is 5.56 Å². The SMILES string of the molecule is CC(C)NC(=O)C(=O)NNC(=O)/C=C/c1ccc(C(F)(F)F)cc1. The van der Waals surface area contributed by atoms with E-state index in [9.17, 15) is 27.6 Å². The van der Waals surface area contributed by atoms with E-state index in [2.05, 4.69) is 5.32 Å². The molecule has 0 radical (unpaired) electrons. The third-order valence-electron chi connectivity index (χ3n) is 2.59. The van der Waals surface area contributed by atoms with E-state index in [4.69, 9.17) is 0 Å². The van der Waals surface area contributed by atoms with Crippen LogP contribution in [0, 0.1) is 0 Å². The summed E-state index contributed by atoms with van der Waals surface area (Å²) in [5, 5.41) is 2.33. The molecule has 0 atom stereocenters. The summed E-state index contributed by atoms with van der Waals surface area (Å²) in [5.74, 6) is -2.70. The predicted octanol–water partition coefficient (Wildman–Crippen LogP) is 1.39. The number of rotatable bonds is 3. The van der Waals surface area contributed by atoms with Crippen molar-refractivity contribution in [2.24, 2.45) is 0 Å². The van der Waals surface area contributed by atoms with Crippen molar-refractivity contribution >= 4 is 23.8 Å². The molecule has 3 amide bonds. The van der Waals surface area contributed by atoms with Gasteiger partial charge >= 0.3 is 18.0 Å². The van der Waals surface area contributed by atoms with Crippen molar-refractivity contribution in [2.75, 3.05) is 0 Å². The average Bonchev–Trinajstić information content (AvgIpc) is 2.49. The van der Waals surface area contributed by atoms with Crippen LogP contribution in [0.4, 0.5) is 13.2 Å². The number of carbonyl (C=O) groups is 3. The fourth-order valence-corrected chi connectivity index (χ4v) is 1.50. The summed E-state index contributed by atoms with van der Waals surface area (Å²) in [5.41, 5.74) is 3.44. The van der Waals surface area contributed by atoms with Crippen molar-refractivity contribution in [2.45, 2.75) is 26.1 Å². The molecule has 0 aliphatic carbocycles. The lowest BCUT2D eigenvalue weighted by molar-refractivity contribution is -0.140. The van der Waals surface area contributed by atoms with Gasteiger partial charge < -0.3 is 5.32 Å². The molecular weight excluding hydrogens is 327 g/mol. The van der Waals surface area contributed by atoms with Crippen LogP contribution >= 0.6 is 0 Å². The van der Waals surface area contributed by atoms with E-state index in [1.165, 1.54) is 18.2 Å².